The Morgan fingerprint density at radius 1 is 0.840 bits per heavy atom. The molecule has 0 bridgehead atoms. The highest BCUT2D eigenvalue weighted by molar-refractivity contribution is 4.86. The molecule has 3 aliphatic rings. The van der Waals surface area contributed by atoms with Gasteiger partial charge in [0.15, 0.2) is 0 Å². The van der Waals surface area contributed by atoms with Gasteiger partial charge in [-0.15, -0.1) is 0 Å². The van der Waals surface area contributed by atoms with E-state index in [0.29, 0.717) is 18.6 Å². The van der Waals surface area contributed by atoms with Gasteiger partial charge in [-0.3, -0.25) is 0 Å². The molecule has 0 unspecified atom stereocenters. The lowest BCUT2D eigenvalue weighted by molar-refractivity contribution is -0.00631. The van der Waals surface area contributed by atoms with Gasteiger partial charge in [0.1, 0.15) is 6.61 Å². The number of piperidine rings is 1. The van der Waals surface area contributed by atoms with Crippen molar-refractivity contribution in [1.29, 1.82) is 0 Å². The molecule has 1 heterocycles. The highest BCUT2D eigenvalue weighted by atomic mass is 19.3. The zero-order valence-corrected chi connectivity index (χ0v) is 15.6. The Bertz CT molecular complexity index is 361. The molecule has 0 aromatic rings. The minimum atomic E-state index is -2.33. The van der Waals surface area contributed by atoms with E-state index in [0.717, 1.165) is 24.9 Å². The van der Waals surface area contributed by atoms with E-state index in [2.05, 4.69) is 10.2 Å². The molecular weight excluding hydrogens is 322 g/mol. The molecule has 146 valence electrons. The van der Waals surface area contributed by atoms with Crippen molar-refractivity contribution in [3.63, 3.8) is 0 Å². The second-order valence-electron chi connectivity index (χ2n) is 8.41. The van der Waals surface area contributed by atoms with Gasteiger partial charge >= 0.3 is 0 Å². The third kappa shape index (κ3) is 6.44. The first-order valence-electron chi connectivity index (χ1n) is 10.6. The smallest absolute Gasteiger partial charge is 0.261 e. The van der Waals surface area contributed by atoms with E-state index < -0.39 is 13.0 Å². The maximum atomic E-state index is 12.1. The molecule has 1 saturated heterocycles. The van der Waals surface area contributed by atoms with Gasteiger partial charge in [-0.1, -0.05) is 19.3 Å². The van der Waals surface area contributed by atoms with E-state index >= 15 is 0 Å². The monoisotopic (exact) mass is 358 g/mol. The fourth-order valence-electron chi connectivity index (χ4n) is 5.03. The van der Waals surface area contributed by atoms with Crippen LogP contribution in [-0.2, 0) is 4.74 Å². The molecule has 3 nitrogen and oxygen atoms in total. The van der Waals surface area contributed by atoms with Gasteiger partial charge in [0.2, 0.25) is 0 Å². The summed E-state index contributed by atoms with van der Waals surface area (Å²) < 4.78 is 29.4. The lowest BCUT2D eigenvalue weighted by Gasteiger charge is -2.42. The van der Waals surface area contributed by atoms with Crippen LogP contribution in [0.4, 0.5) is 8.78 Å². The number of nitrogens with one attached hydrogen (secondary N) is 1. The van der Waals surface area contributed by atoms with Crippen molar-refractivity contribution < 1.29 is 13.5 Å². The molecule has 0 spiro atoms. The van der Waals surface area contributed by atoms with E-state index in [9.17, 15) is 8.78 Å². The molecule has 2 saturated carbocycles. The Kier molecular flexibility index (Phi) is 7.93. The van der Waals surface area contributed by atoms with Gasteiger partial charge in [-0.25, -0.2) is 8.78 Å². The van der Waals surface area contributed by atoms with E-state index in [1.54, 1.807) is 0 Å². The topological polar surface area (TPSA) is 24.5 Å². The molecule has 1 aliphatic heterocycles. The molecule has 2 aliphatic carbocycles. The number of alkyl halides is 2. The Morgan fingerprint density at radius 2 is 1.48 bits per heavy atom. The quantitative estimate of drug-likeness (QED) is 0.738. The largest absolute Gasteiger partial charge is 0.375 e. The van der Waals surface area contributed by atoms with Gasteiger partial charge in [0.05, 0.1) is 0 Å². The first kappa shape index (κ1) is 19.5. The van der Waals surface area contributed by atoms with Gasteiger partial charge in [0.25, 0.3) is 6.43 Å². The summed E-state index contributed by atoms with van der Waals surface area (Å²) in [5.41, 5.74) is 0. The van der Waals surface area contributed by atoms with E-state index in [4.69, 9.17) is 4.74 Å². The zero-order valence-electron chi connectivity index (χ0n) is 15.6. The Labute approximate surface area is 151 Å². The minimum Gasteiger partial charge on any atom is -0.375 e. The Balaban J connectivity index is 1.29. The summed E-state index contributed by atoms with van der Waals surface area (Å²) in [5, 5.41) is 3.92. The summed E-state index contributed by atoms with van der Waals surface area (Å²) in [6.45, 7) is 2.56. The number of rotatable bonds is 7. The highest BCUT2D eigenvalue weighted by Crippen LogP contribution is 2.30. The van der Waals surface area contributed by atoms with E-state index in [-0.39, 0.29) is 0 Å². The molecule has 3 rings (SSSR count). The molecule has 3 fully saturated rings. The second-order valence-corrected chi connectivity index (χ2v) is 8.41. The van der Waals surface area contributed by atoms with Crippen LogP contribution in [0.1, 0.15) is 70.6 Å². The van der Waals surface area contributed by atoms with Crippen molar-refractivity contribution in [3.8, 4) is 0 Å². The first-order chi connectivity index (χ1) is 12.2. The maximum Gasteiger partial charge on any atom is 0.261 e. The minimum absolute atomic E-state index is 0.401. The molecule has 25 heavy (non-hydrogen) atoms. The number of nitrogens with zero attached hydrogens (tertiary/aromatic N) is 1. The number of likely N-dealkylation sites (tertiary alicyclic amines) is 1. The normalized spacial score (nSPS) is 30.8. The molecule has 5 heteroatoms. The summed E-state index contributed by atoms with van der Waals surface area (Å²) in [7, 11) is 0. The summed E-state index contributed by atoms with van der Waals surface area (Å²) in [5.74, 6) is 0.487. The van der Waals surface area contributed by atoms with Crippen LogP contribution < -0.4 is 5.32 Å². The molecule has 0 atom stereocenters. The van der Waals surface area contributed by atoms with Crippen molar-refractivity contribution in [2.24, 2.45) is 5.92 Å². The first-order valence-corrected chi connectivity index (χ1v) is 10.6. The third-order valence-electron chi connectivity index (χ3n) is 6.54. The van der Waals surface area contributed by atoms with Gasteiger partial charge in [-0.2, -0.15) is 0 Å². The number of hydrogen-bond donors (Lipinski definition) is 1. The standard InChI is InChI=1S/C20H36F2N2O/c21-20(22)15-25-14-16-6-8-19(9-7-16)24-12-10-18(11-13-24)23-17-4-2-1-3-5-17/h16-20,23H,1-15H2. The predicted molar refractivity (Wildman–Crippen MR) is 97.2 cm³/mol. The average Bonchev–Trinajstić information content (AvgIpc) is 2.64. The van der Waals surface area contributed by atoms with Crippen molar-refractivity contribution in [2.45, 2.75) is 95.2 Å². The molecular formula is C20H36F2N2O. The van der Waals surface area contributed by atoms with Crippen molar-refractivity contribution >= 4 is 0 Å². The Morgan fingerprint density at radius 3 is 2.12 bits per heavy atom. The fraction of sp³-hybridized carbons (Fsp3) is 1.00. The summed E-state index contributed by atoms with van der Waals surface area (Å²) >= 11 is 0. The summed E-state index contributed by atoms with van der Waals surface area (Å²) in [6, 6.07) is 2.20. The fourth-order valence-corrected chi connectivity index (χ4v) is 5.03. The molecule has 1 N–H and O–H groups in total. The molecule has 0 aromatic heterocycles. The molecule has 0 radical (unpaired) electrons. The van der Waals surface area contributed by atoms with Gasteiger partial charge in [-0.05, 0) is 70.4 Å². The van der Waals surface area contributed by atoms with E-state index in [1.165, 1.54) is 70.9 Å². The maximum absolute atomic E-state index is 12.1. The third-order valence-corrected chi connectivity index (χ3v) is 6.54. The Hall–Kier alpha value is -0.260. The van der Waals surface area contributed by atoms with Crippen LogP contribution in [0.2, 0.25) is 0 Å². The van der Waals surface area contributed by atoms with Crippen LogP contribution in [0, 0.1) is 5.92 Å². The lowest BCUT2D eigenvalue weighted by Crippen LogP contribution is -2.50. The van der Waals surface area contributed by atoms with Crippen molar-refractivity contribution in [3.05, 3.63) is 0 Å². The van der Waals surface area contributed by atoms with Crippen LogP contribution in [0.25, 0.3) is 0 Å². The van der Waals surface area contributed by atoms with Gasteiger partial charge in [0, 0.05) is 24.7 Å². The molecule has 0 amide bonds. The second kappa shape index (κ2) is 10.2. The van der Waals surface area contributed by atoms with Crippen LogP contribution in [0.3, 0.4) is 0 Å². The lowest BCUT2D eigenvalue weighted by atomic mass is 9.85. The zero-order chi connectivity index (χ0) is 17.5. The predicted octanol–water partition coefficient (Wildman–Crippen LogP) is 4.21. The van der Waals surface area contributed by atoms with Crippen molar-refractivity contribution in [1.82, 2.24) is 10.2 Å². The van der Waals surface area contributed by atoms with Crippen LogP contribution >= 0.6 is 0 Å². The van der Waals surface area contributed by atoms with Crippen molar-refractivity contribution in [2.75, 3.05) is 26.3 Å². The van der Waals surface area contributed by atoms with Gasteiger partial charge < -0.3 is 15.0 Å². The summed E-state index contributed by atoms with van der Waals surface area (Å²) in [4.78, 5) is 2.69. The van der Waals surface area contributed by atoms with Crippen LogP contribution in [0.15, 0.2) is 0 Å². The molecule has 0 aromatic carbocycles. The summed E-state index contributed by atoms with van der Waals surface area (Å²) in [6.07, 6.45) is 11.9. The number of ether oxygens (including phenoxy) is 1. The van der Waals surface area contributed by atoms with E-state index in [1.807, 2.05) is 0 Å². The average molecular weight is 359 g/mol. The van der Waals surface area contributed by atoms with Crippen LogP contribution in [-0.4, -0.2) is 55.8 Å². The number of hydrogen-bond acceptors (Lipinski definition) is 3. The highest BCUT2D eigenvalue weighted by Gasteiger charge is 2.29. The number of halogens is 2. The van der Waals surface area contributed by atoms with Crippen LogP contribution in [0.5, 0.6) is 0 Å². The SMILES string of the molecule is FC(F)COCC1CCC(N2CCC(NC3CCCCC3)CC2)CC1.